The summed E-state index contributed by atoms with van der Waals surface area (Å²) in [6.07, 6.45) is 2.71. The maximum atomic E-state index is 13.6. The maximum absolute atomic E-state index is 13.6. The average Bonchev–Trinajstić information content (AvgIpc) is 3.08. The zero-order valence-electron chi connectivity index (χ0n) is 18.6. The molecule has 0 spiro atoms. The molecule has 1 atom stereocenters. The molecule has 0 N–H and O–H groups in total. The number of carbonyl (C=O) groups excluding carboxylic acids is 1. The van der Waals surface area contributed by atoms with Crippen LogP contribution in [0.4, 0.5) is 4.39 Å². The number of carbonyl (C=O) groups is 1. The van der Waals surface area contributed by atoms with E-state index in [0.29, 0.717) is 22.0 Å². The number of thioether (sulfide) groups is 2. The van der Waals surface area contributed by atoms with Crippen molar-refractivity contribution in [2.45, 2.75) is 25.6 Å². The van der Waals surface area contributed by atoms with Crippen LogP contribution in [0.25, 0.3) is 6.08 Å². The molecule has 0 bridgehead atoms. The first-order valence-electron chi connectivity index (χ1n) is 11.0. The van der Waals surface area contributed by atoms with Gasteiger partial charge in [-0.15, -0.1) is 0 Å². The summed E-state index contributed by atoms with van der Waals surface area (Å²) < 4.78 is 13.6. The first kappa shape index (κ1) is 25.2. The van der Waals surface area contributed by atoms with Gasteiger partial charge in [-0.25, -0.2) is 4.39 Å². The molecule has 1 aliphatic rings. The fourth-order valence-electron chi connectivity index (χ4n) is 3.63. The van der Waals surface area contributed by atoms with Crippen molar-refractivity contribution in [2.75, 3.05) is 37.7 Å². The summed E-state index contributed by atoms with van der Waals surface area (Å²) in [7, 11) is 0. The molecule has 2 aromatic carbocycles. The molecule has 1 fully saturated rings. The SMILES string of the molecule is CCN(CC)CCSCCCN1C(=O)/C(=C/c2cccc(F)c2)SC1c1cccc(Cl)c1. The van der Waals surface area contributed by atoms with E-state index in [1.54, 1.807) is 12.1 Å². The van der Waals surface area contributed by atoms with Crippen LogP contribution in [0.15, 0.2) is 53.4 Å². The summed E-state index contributed by atoms with van der Waals surface area (Å²) in [5.74, 6) is 1.81. The van der Waals surface area contributed by atoms with Crippen molar-refractivity contribution in [2.24, 2.45) is 0 Å². The third kappa shape index (κ3) is 7.01. The Bertz CT molecular complexity index is 936. The minimum Gasteiger partial charge on any atom is -0.322 e. The largest absolute Gasteiger partial charge is 0.322 e. The molecule has 1 amide bonds. The summed E-state index contributed by atoms with van der Waals surface area (Å²) in [5.41, 5.74) is 1.70. The topological polar surface area (TPSA) is 23.6 Å². The number of benzene rings is 2. The monoisotopic (exact) mass is 492 g/mol. The number of rotatable bonds is 11. The molecule has 1 saturated heterocycles. The Hall–Kier alpha value is -1.47. The van der Waals surface area contributed by atoms with E-state index in [-0.39, 0.29) is 17.1 Å². The lowest BCUT2D eigenvalue weighted by atomic mass is 10.2. The van der Waals surface area contributed by atoms with Crippen LogP contribution in [0.2, 0.25) is 5.02 Å². The fourth-order valence-corrected chi connectivity index (χ4v) is 6.02. The predicted molar refractivity (Wildman–Crippen MR) is 138 cm³/mol. The Morgan fingerprint density at radius 1 is 1.16 bits per heavy atom. The van der Waals surface area contributed by atoms with Crippen molar-refractivity contribution in [1.82, 2.24) is 9.80 Å². The minimum absolute atomic E-state index is 0.00243. The van der Waals surface area contributed by atoms with Crippen LogP contribution in [0.5, 0.6) is 0 Å². The average molecular weight is 493 g/mol. The van der Waals surface area contributed by atoms with E-state index in [4.69, 9.17) is 11.6 Å². The van der Waals surface area contributed by atoms with Crippen LogP contribution in [-0.2, 0) is 4.79 Å². The highest BCUT2D eigenvalue weighted by molar-refractivity contribution is 8.04. The van der Waals surface area contributed by atoms with Gasteiger partial charge >= 0.3 is 0 Å². The van der Waals surface area contributed by atoms with Gasteiger partial charge in [-0.3, -0.25) is 4.79 Å². The molecule has 1 unspecified atom stereocenters. The zero-order chi connectivity index (χ0) is 22.9. The molecule has 3 rings (SSSR count). The summed E-state index contributed by atoms with van der Waals surface area (Å²) in [6, 6.07) is 14.0. The lowest BCUT2D eigenvalue weighted by molar-refractivity contribution is -0.126. The van der Waals surface area contributed by atoms with Gasteiger partial charge in [0.05, 0.1) is 4.91 Å². The summed E-state index contributed by atoms with van der Waals surface area (Å²) in [4.78, 5) is 18.2. The number of hydrogen-bond acceptors (Lipinski definition) is 4. The lowest BCUT2D eigenvalue weighted by Crippen LogP contribution is -2.29. The van der Waals surface area contributed by atoms with Gasteiger partial charge in [0.25, 0.3) is 5.91 Å². The van der Waals surface area contributed by atoms with Crippen molar-refractivity contribution in [3.8, 4) is 0 Å². The molecule has 1 heterocycles. The fraction of sp³-hybridized carbons (Fsp3) is 0.400. The molecule has 32 heavy (non-hydrogen) atoms. The Morgan fingerprint density at radius 3 is 2.66 bits per heavy atom. The Labute approximate surface area is 204 Å². The van der Waals surface area contributed by atoms with Crippen molar-refractivity contribution in [1.29, 1.82) is 0 Å². The quantitative estimate of drug-likeness (QED) is 0.262. The van der Waals surface area contributed by atoms with Gasteiger partial charge in [0.15, 0.2) is 0 Å². The molecule has 0 aromatic heterocycles. The van der Waals surface area contributed by atoms with E-state index >= 15 is 0 Å². The van der Waals surface area contributed by atoms with Gasteiger partial charge in [0.2, 0.25) is 0 Å². The molecule has 0 saturated carbocycles. The number of nitrogens with zero attached hydrogens (tertiary/aromatic N) is 2. The second-order valence-corrected chi connectivity index (χ2v) is 10.4. The second-order valence-electron chi connectivity index (χ2n) is 7.58. The van der Waals surface area contributed by atoms with Crippen molar-refractivity contribution >= 4 is 47.1 Å². The van der Waals surface area contributed by atoms with Crippen LogP contribution in [-0.4, -0.2) is 53.4 Å². The van der Waals surface area contributed by atoms with Crippen LogP contribution >= 0.6 is 35.1 Å². The molecule has 2 aromatic rings. The summed E-state index contributed by atoms with van der Waals surface area (Å²) in [5, 5.41) is 0.534. The predicted octanol–water partition coefficient (Wildman–Crippen LogP) is 6.56. The Balaban J connectivity index is 1.67. The third-order valence-corrected chi connectivity index (χ3v) is 7.99. The standard InChI is InChI=1S/C25H30ClFN2OS2/c1-3-28(4-2)13-15-31-14-7-12-29-24(30)23(17-19-8-5-11-22(27)16-19)32-25(29)20-9-6-10-21(26)18-20/h5-6,8-11,16-18,25H,3-4,7,12-15H2,1-2H3/b23-17-. The van der Waals surface area contributed by atoms with E-state index in [1.165, 1.54) is 23.9 Å². The highest BCUT2D eigenvalue weighted by atomic mass is 35.5. The van der Waals surface area contributed by atoms with E-state index in [0.717, 1.165) is 43.1 Å². The molecular formula is C25H30ClFN2OS2. The highest BCUT2D eigenvalue weighted by Crippen LogP contribution is 2.46. The highest BCUT2D eigenvalue weighted by Gasteiger charge is 2.36. The number of amides is 1. The van der Waals surface area contributed by atoms with E-state index in [1.807, 2.05) is 47.0 Å². The molecule has 7 heteroatoms. The van der Waals surface area contributed by atoms with Crippen molar-refractivity contribution in [3.63, 3.8) is 0 Å². The van der Waals surface area contributed by atoms with Crippen LogP contribution < -0.4 is 0 Å². The molecule has 0 radical (unpaired) electrons. The van der Waals surface area contributed by atoms with Crippen molar-refractivity contribution in [3.05, 3.63) is 75.4 Å². The number of hydrogen-bond donors (Lipinski definition) is 0. The molecule has 1 aliphatic heterocycles. The van der Waals surface area contributed by atoms with E-state index in [9.17, 15) is 9.18 Å². The number of halogens is 2. The smallest absolute Gasteiger partial charge is 0.261 e. The normalized spacial score (nSPS) is 17.7. The van der Waals surface area contributed by atoms with Crippen LogP contribution in [0, 0.1) is 5.82 Å². The van der Waals surface area contributed by atoms with E-state index in [2.05, 4.69) is 18.7 Å². The van der Waals surface area contributed by atoms with Crippen LogP contribution in [0.3, 0.4) is 0 Å². The Morgan fingerprint density at radius 2 is 1.94 bits per heavy atom. The first-order valence-corrected chi connectivity index (χ1v) is 13.4. The third-order valence-electron chi connectivity index (χ3n) is 5.41. The van der Waals surface area contributed by atoms with Gasteiger partial charge in [-0.2, -0.15) is 11.8 Å². The molecular weight excluding hydrogens is 463 g/mol. The zero-order valence-corrected chi connectivity index (χ0v) is 21.0. The van der Waals surface area contributed by atoms with Crippen LogP contribution in [0.1, 0.15) is 36.8 Å². The van der Waals surface area contributed by atoms with Gasteiger partial charge in [0, 0.05) is 23.9 Å². The van der Waals surface area contributed by atoms with Gasteiger partial charge < -0.3 is 9.80 Å². The molecule has 172 valence electrons. The van der Waals surface area contributed by atoms with Crippen molar-refractivity contribution < 1.29 is 9.18 Å². The molecule has 3 nitrogen and oxygen atoms in total. The maximum Gasteiger partial charge on any atom is 0.261 e. The van der Waals surface area contributed by atoms with E-state index < -0.39 is 0 Å². The summed E-state index contributed by atoms with van der Waals surface area (Å²) in [6.45, 7) is 8.33. The van der Waals surface area contributed by atoms with Gasteiger partial charge in [-0.05, 0) is 66.7 Å². The first-order chi connectivity index (χ1) is 15.5. The van der Waals surface area contributed by atoms with Gasteiger partial charge in [-0.1, -0.05) is 61.5 Å². The van der Waals surface area contributed by atoms with Gasteiger partial charge in [0.1, 0.15) is 11.2 Å². The Kier molecular flexibility index (Phi) is 9.97. The minimum atomic E-state index is -0.306. The lowest BCUT2D eigenvalue weighted by Gasteiger charge is -2.24. The second kappa shape index (κ2) is 12.7. The molecule has 0 aliphatic carbocycles. The summed E-state index contributed by atoms with van der Waals surface area (Å²) >= 11 is 9.67.